The second-order valence-corrected chi connectivity index (χ2v) is 5.92. The zero-order valence-corrected chi connectivity index (χ0v) is 14.7. The van der Waals surface area contributed by atoms with Crippen LogP contribution in [0, 0.1) is 0 Å². The van der Waals surface area contributed by atoms with Crippen LogP contribution in [0.15, 0.2) is 91.1 Å². The predicted octanol–water partition coefficient (Wildman–Crippen LogP) is 5.48. The average Bonchev–Trinajstić information content (AvgIpc) is 2.72. The van der Waals surface area contributed by atoms with Crippen LogP contribution in [0.4, 0.5) is 0 Å². The van der Waals surface area contributed by atoms with E-state index in [1.165, 1.54) is 0 Å². The van der Waals surface area contributed by atoms with Crippen LogP contribution in [0.3, 0.4) is 0 Å². The van der Waals surface area contributed by atoms with E-state index in [1.807, 2.05) is 84.9 Å². The summed E-state index contributed by atoms with van der Waals surface area (Å²) in [7, 11) is 0. The number of ether oxygens (including phenoxy) is 3. The molecule has 3 aromatic carbocycles. The number of hydrogen-bond acceptors (Lipinski definition) is 4. The summed E-state index contributed by atoms with van der Waals surface area (Å²) in [6.45, 7) is 0.859. The van der Waals surface area contributed by atoms with Crippen molar-refractivity contribution in [1.82, 2.24) is 4.98 Å². The Bertz CT molecular complexity index is 1010. The number of fused-ring (bicyclic) bond motifs is 1. The van der Waals surface area contributed by atoms with E-state index in [2.05, 4.69) is 4.98 Å². The molecule has 4 rings (SSSR count). The lowest BCUT2D eigenvalue weighted by Gasteiger charge is -2.11. The molecule has 1 aromatic heterocycles. The Morgan fingerprint density at radius 1 is 0.630 bits per heavy atom. The smallest absolute Gasteiger partial charge is 0.145 e. The summed E-state index contributed by atoms with van der Waals surface area (Å²) in [5, 5.41) is 1.06. The van der Waals surface area contributed by atoms with E-state index in [0.29, 0.717) is 13.2 Å². The highest BCUT2D eigenvalue weighted by Gasteiger charge is 2.03. The minimum absolute atomic E-state index is 0.429. The van der Waals surface area contributed by atoms with Crippen molar-refractivity contribution >= 4 is 10.9 Å². The maximum Gasteiger partial charge on any atom is 0.145 e. The molecule has 1 heterocycles. The van der Waals surface area contributed by atoms with Crippen LogP contribution in [-0.2, 0) is 0 Å². The van der Waals surface area contributed by atoms with Gasteiger partial charge in [-0.25, -0.2) is 0 Å². The third-order valence-electron chi connectivity index (χ3n) is 3.99. The molecule has 0 fully saturated rings. The van der Waals surface area contributed by atoms with Gasteiger partial charge in [-0.2, -0.15) is 0 Å². The lowest BCUT2D eigenvalue weighted by Crippen LogP contribution is -2.09. The van der Waals surface area contributed by atoms with Gasteiger partial charge in [0.2, 0.25) is 0 Å². The first-order valence-electron chi connectivity index (χ1n) is 8.81. The van der Waals surface area contributed by atoms with E-state index in [1.54, 1.807) is 6.20 Å². The number of benzene rings is 3. The van der Waals surface area contributed by atoms with Gasteiger partial charge < -0.3 is 14.2 Å². The molecule has 4 nitrogen and oxygen atoms in total. The van der Waals surface area contributed by atoms with Gasteiger partial charge in [0.05, 0.1) is 0 Å². The molecule has 0 aliphatic rings. The summed E-state index contributed by atoms with van der Waals surface area (Å²) < 4.78 is 17.5. The first-order chi connectivity index (χ1) is 13.4. The molecule has 0 spiro atoms. The van der Waals surface area contributed by atoms with Crippen molar-refractivity contribution in [3.63, 3.8) is 0 Å². The fourth-order valence-electron chi connectivity index (χ4n) is 2.76. The standard InChI is InChI=1S/C23H19NO3/c1-2-9-19(10-3-1)27-21-12-5-11-20(17-21)25-15-16-26-22-13-4-7-18-8-6-14-24-23(18)22/h1-14,17H,15-16H2. The first-order valence-corrected chi connectivity index (χ1v) is 8.81. The van der Waals surface area contributed by atoms with Crippen LogP contribution in [0.25, 0.3) is 10.9 Å². The van der Waals surface area contributed by atoms with E-state index in [4.69, 9.17) is 14.2 Å². The highest BCUT2D eigenvalue weighted by atomic mass is 16.5. The van der Waals surface area contributed by atoms with Crippen LogP contribution < -0.4 is 14.2 Å². The number of aromatic nitrogens is 1. The van der Waals surface area contributed by atoms with Gasteiger partial charge >= 0.3 is 0 Å². The predicted molar refractivity (Wildman–Crippen MR) is 106 cm³/mol. The molecule has 4 heteroatoms. The SMILES string of the molecule is c1ccc(Oc2cccc(OCCOc3cccc4cccnc34)c2)cc1. The number of pyridine rings is 1. The van der Waals surface area contributed by atoms with E-state index in [9.17, 15) is 0 Å². The Labute approximate surface area is 158 Å². The molecule has 27 heavy (non-hydrogen) atoms. The maximum atomic E-state index is 5.85. The Balaban J connectivity index is 1.33. The second-order valence-electron chi connectivity index (χ2n) is 5.92. The van der Waals surface area contributed by atoms with Crippen LogP contribution in [0.2, 0.25) is 0 Å². The summed E-state index contributed by atoms with van der Waals surface area (Å²) in [5.74, 6) is 3.03. The molecule has 4 aromatic rings. The van der Waals surface area contributed by atoms with Crippen molar-refractivity contribution in [3.05, 3.63) is 91.1 Å². The Hall–Kier alpha value is -3.53. The van der Waals surface area contributed by atoms with Gasteiger partial charge in [0, 0.05) is 17.6 Å². The molecular weight excluding hydrogens is 338 g/mol. The Morgan fingerprint density at radius 2 is 1.37 bits per heavy atom. The Kier molecular flexibility index (Phi) is 5.16. The highest BCUT2D eigenvalue weighted by Crippen LogP contribution is 2.25. The fraction of sp³-hybridized carbons (Fsp3) is 0.0870. The summed E-state index contributed by atoms with van der Waals surface area (Å²) >= 11 is 0. The van der Waals surface area contributed by atoms with Crippen molar-refractivity contribution in [2.75, 3.05) is 13.2 Å². The minimum Gasteiger partial charge on any atom is -0.490 e. The second kappa shape index (κ2) is 8.23. The number of hydrogen-bond donors (Lipinski definition) is 0. The molecule has 0 unspecified atom stereocenters. The van der Waals surface area contributed by atoms with E-state index in [0.717, 1.165) is 33.9 Å². The van der Waals surface area contributed by atoms with Gasteiger partial charge in [0.15, 0.2) is 0 Å². The van der Waals surface area contributed by atoms with Crippen molar-refractivity contribution < 1.29 is 14.2 Å². The number of nitrogens with zero attached hydrogens (tertiary/aromatic N) is 1. The summed E-state index contributed by atoms with van der Waals surface area (Å²) in [5.41, 5.74) is 0.859. The summed E-state index contributed by atoms with van der Waals surface area (Å²) in [4.78, 5) is 4.39. The molecule has 0 bridgehead atoms. The van der Waals surface area contributed by atoms with Gasteiger partial charge in [-0.3, -0.25) is 4.98 Å². The lowest BCUT2D eigenvalue weighted by atomic mass is 10.2. The van der Waals surface area contributed by atoms with E-state index >= 15 is 0 Å². The zero-order valence-electron chi connectivity index (χ0n) is 14.7. The molecule has 0 aliphatic carbocycles. The van der Waals surface area contributed by atoms with Crippen molar-refractivity contribution in [2.45, 2.75) is 0 Å². The van der Waals surface area contributed by atoms with Crippen molar-refractivity contribution in [3.8, 4) is 23.0 Å². The monoisotopic (exact) mass is 357 g/mol. The molecule has 0 N–H and O–H groups in total. The highest BCUT2D eigenvalue weighted by molar-refractivity contribution is 5.84. The molecule has 0 saturated carbocycles. The summed E-state index contributed by atoms with van der Waals surface area (Å²) in [6, 6.07) is 27.1. The van der Waals surface area contributed by atoms with E-state index < -0.39 is 0 Å². The minimum atomic E-state index is 0.429. The number of para-hydroxylation sites is 2. The Morgan fingerprint density at radius 3 is 2.30 bits per heavy atom. The van der Waals surface area contributed by atoms with Gasteiger partial charge in [0.1, 0.15) is 41.7 Å². The topological polar surface area (TPSA) is 40.6 Å². The normalized spacial score (nSPS) is 10.5. The quantitative estimate of drug-likeness (QED) is 0.410. The van der Waals surface area contributed by atoms with Crippen molar-refractivity contribution in [2.24, 2.45) is 0 Å². The lowest BCUT2D eigenvalue weighted by molar-refractivity contribution is 0.218. The largest absolute Gasteiger partial charge is 0.490 e. The molecular formula is C23H19NO3. The van der Waals surface area contributed by atoms with Gasteiger partial charge in [-0.15, -0.1) is 0 Å². The molecule has 0 radical (unpaired) electrons. The van der Waals surface area contributed by atoms with Gasteiger partial charge in [-0.05, 0) is 36.4 Å². The van der Waals surface area contributed by atoms with Gasteiger partial charge in [0.25, 0.3) is 0 Å². The molecule has 134 valence electrons. The van der Waals surface area contributed by atoms with Crippen LogP contribution in [0.5, 0.6) is 23.0 Å². The van der Waals surface area contributed by atoms with Crippen LogP contribution in [-0.4, -0.2) is 18.2 Å². The van der Waals surface area contributed by atoms with E-state index in [-0.39, 0.29) is 0 Å². The third-order valence-corrected chi connectivity index (χ3v) is 3.99. The van der Waals surface area contributed by atoms with Crippen molar-refractivity contribution in [1.29, 1.82) is 0 Å². The average molecular weight is 357 g/mol. The molecule has 0 amide bonds. The zero-order chi connectivity index (χ0) is 18.3. The number of rotatable bonds is 7. The molecule has 0 aliphatic heterocycles. The van der Waals surface area contributed by atoms with Crippen LogP contribution in [0.1, 0.15) is 0 Å². The fourth-order valence-corrected chi connectivity index (χ4v) is 2.76. The first kappa shape index (κ1) is 16.9. The molecule has 0 atom stereocenters. The van der Waals surface area contributed by atoms with Gasteiger partial charge in [-0.1, -0.05) is 42.5 Å². The molecule has 0 saturated heterocycles. The van der Waals surface area contributed by atoms with Crippen LogP contribution >= 0.6 is 0 Å². The maximum absolute atomic E-state index is 5.85. The third kappa shape index (κ3) is 4.36. The summed E-state index contributed by atoms with van der Waals surface area (Å²) in [6.07, 6.45) is 1.77.